The van der Waals surface area contributed by atoms with Crippen LogP contribution in [-0.4, -0.2) is 95.9 Å². The van der Waals surface area contributed by atoms with Crippen LogP contribution in [0.2, 0.25) is 0 Å². The van der Waals surface area contributed by atoms with Crippen LogP contribution in [0.4, 0.5) is 0 Å². The van der Waals surface area contributed by atoms with Crippen molar-refractivity contribution in [2.75, 3.05) is 39.6 Å². The van der Waals surface area contributed by atoms with Crippen LogP contribution in [0.5, 0.6) is 0 Å². The predicted octanol–water partition coefficient (Wildman–Crippen LogP) is 17.7. The lowest BCUT2D eigenvalue weighted by Crippen LogP contribution is -2.30. The average Bonchev–Trinajstić information content (AvgIpc) is 3.54. The molecule has 89 heavy (non-hydrogen) atoms. The number of aliphatic hydroxyl groups excluding tert-OH is 2. The van der Waals surface area contributed by atoms with Crippen molar-refractivity contribution >= 4 is 33.6 Å². The molecular formula is C71H112O16P2. The van der Waals surface area contributed by atoms with Crippen molar-refractivity contribution in [2.45, 2.75) is 219 Å². The molecule has 502 valence electrons. The van der Waals surface area contributed by atoms with Crippen LogP contribution in [-0.2, 0) is 55.8 Å². The maximum Gasteiger partial charge on any atom is 0.472 e. The van der Waals surface area contributed by atoms with E-state index in [1.54, 1.807) is 0 Å². The lowest BCUT2D eigenvalue weighted by molar-refractivity contribution is -0.161. The van der Waals surface area contributed by atoms with Crippen molar-refractivity contribution in [2.24, 2.45) is 0 Å². The van der Waals surface area contributed by atoms with Crippen molar-refractivity contribution in [1.29, 1.82) is 0 Å². The van der Waals surface area contributed by atoms with Gasteiger partial charge in [0.25, 0.3) is 0 Å². The highest BCUT2D eigenvalue weighted by Gasteiger charge is 2.29. The Kier molecular flexibility index (Phi) is 59.5. The van der Waals surface area contributed by atoms with E-state index in [1.807, 2.05) is 18.2 Å². The number of esters is 3. The summed E-state index contributed by atoms with van der Waals surface area (Å²) in [6.45, 7) is 2.12. The molecule has 18 heteroatoms. The second-order valence-electron chi connectivity index (χ2n) is 20.8. The lowest BCUT2D eigenvalue weighted by Gasteiger charge is -2.21. The van der Waals surface area contributed by atoms with Gasteiger partial charge in [0.15, 0.2) is 6.10 Å². The number of carbonyl (C=O) groups excluding carboxylic acids is 3. The molecule has 5 unspecified atom stereocenters. The van der Waals surface area contributed by atoms with Crippen LogP contribution in [0.3, 0.4) is 0 Å². The fourth-order valence-corrected chi connectivity index (χ4v) is 9.16. The summed E-state index contributed by atoms with van der Waals surface area (Å²) in [6.07, 6.45) is 77.1. The molecule has 0 aliphatic rings. The number of aliphatic hydroxyl groups is 2. The molecule has 0 saturated carbocycles. The summed E-state index contributed by atoms with van der Waals surface area (Å²) in [7, 11) is -9.82. The first kappa shape index (κ1) is 83.9. The van der Waals surface area contributed by atoms with Gasteiger partial charge in [0.1, 0.15) is 25.4 Å². The van der Waals surface area contributed by atoms with Gasteiger partial charge in [0.2, 0.25) is 0 Å². The van der Waals surface area contributed by atoms with Crippen molar-refractivity contribution in [3.05, 3.63) is 170 Å². The smallest absolute Gasteiger partial charge is 0.463 e. The molecule has 0 fully saturated rings. The normalized spacial score (nSPS) is 15.4. The topological polar surface area (TPSA) is 231 Å². The average molecular weight is 1280 g/mol. The van der Waals surface area contributed by atoms with Gasteiger partial charge in [-0.15, -0.1) is 0 Å². The fourth-order valence-electron chi connectivity index (χ4n) is 7.58. The molecular weight excluding hydrogens is 1170 g/mol. The Morgan fingerprint density at radius 2 is 0.584 bits per heavy atom. The molecule has 0 aromatic rings. The largest absolute Gasteiger partial charge is 0.472 e. The highest BCUT2D eigenvalue weighted by atomic mass is 31.2. The number of phosphoric ester groups is 2. The lowest BCUT2D eigenvalue weighted by atomic mass is 10.1. The Morgan fingerprint density at radius 3 is 0.966 bits per heavy atom. The first-order chi connectivity index (χ1) is 43.2. The number of allylic oxidation sites excluding steroid dienone is 28. The van der Waals surface area contributed by atoms with Gasteiger partial charge in [-0.05, 0) is 135 Å². The molecule has 0 aliphatic heterocycles. The van der Waals surface area contributed by atoms with Crippen LogP contribution >= 0.6 is 15.6 Å². The molecule has 0 aromatic heterocycles. The Hall–Kier alpha value is -5.09. The summed E-state index contributed by atoms with van der Waals surface area (Å²) in [5.41, 5.74) is 0. The Morgan fingerprint density at radius 1 is 0.315 bits per heavy atom. The van der Waals surface area contributed by atoms with E-state index < -0.39 is 91.5 Å². The maximum atomic E-state index is 12.9. The number of phosphoric acid groups is 2. The van der Waals surface area contributed by atoms with Gasteiger partial charge in [0, 0.05) is 19.3 Å². The molecule has 0 aromatic carbocycles. The molecule has 0 amide bonds. The summed E-state index contributed by atoms with van der Waals surface area (Å²) < 4.78 is 60.7. The fraction of sp³-hybridized carbons (Fsp3) is 0.563. The van der Waals surface area contributed by atoms with Gasteiger partial charge in [-0.3, -0.25) is 32.5 Å². The summed E-state index contributed by atoms with van der Waals surface area (Å²) in [5.74, 6) is -1.73. The molecule has 0 rings (SSSR count). The van der Waals surface area contributed by atoms with Crippen LogP contribution in [0.1, 0.15) is 201 Å². The van der Waals surface area contributed by atoms with E-state index in [4.69, 9.17) is 32.3 Å². The number of ether oxygens (including phenoxy) is 3. The molecule has 4 N–H and O–H groups in total. The van der Waals surface area contributed by atoms with E-state index in [-0.39, 0.29) is 19.3 Å². The van der Waals surface area contributed by atoms with Crippen LogP contribution in [0, 0.1) is 0 Å². The second-order valence-corrected chi connectivity index (χ2v) is 23.7. The zero-order valence-electron chi connectivity index (χ0n) is 54.0. The minimum absolute atomic E-state index is 0.0531. The van der Waals surface area contributed by atoms with E-state index in [0.29, 0.717) is 25.7 Å². The standard InChI is InChI=1S/C71H112O16P2/c1-4-7-10-13-16-19-22-25-28-30-32-34-37-39-42-45-48-51-54-57-69(74)81-60-66(72)61-83-88(77,78)84-62-67(73)63-85-89(79,80)86-65-68(87-71(76)59-56-53-50-47-44-41-36-27-24-21-18-15-12-9-6-3)64-82-70(75)58-55-52-49-46-43-40-38-35-33-31-29-26-23-20-17-14-11-8-5-2/h7-12,16-21,25-29,32-36,39-40,42-43,48,51,66-68,72-73H,4-6,13-15,22-24,30-31,37-38,41,44-47,49-50,52-65H2,1-3H3,(H,77,78)(H,79,80)/b10-7-,11-8-,12-9-,19-16-,20-17-,21-18-,28-25-,29-26-,34-32-,35-33-,36-27-,42-39-,43-40-,51-48-. The monoisotopic (exact) mass is 1280 g/mol. The van der Waals surface area contributed by atoms with Gasteiger partial charge in [-0.25, -0.2) is 9.13 Å². The predicted molar refractivity (Wildman–Crippen MR) is 362 cm³/mol. The Balaban J connectivity index is 4.83. The molecule has 0 radical (unpaired) electrons. The first-order valence-electron chi connectivity index (χ1n) is 32.4. The molecule has 0 heterocycles. The molecule has 16 nitrogen and oxygen atoms in total. The summed E-state index contributed by atoms with van der Waals surface area (Å²) in [4.78, 5) is 58.3. The van der Waals surface area contributed by atoms with Crippen molar-refractivity contribution in [1.82, 2.24) is 0 Å². The van der Waals surface area contributed by atoms with Crippen LogP contribution < -0.4 is 0 Å². The van der Waals surface area contributed by atoms with E-state index in [2.05, 4.69) is 173 Å². The summed E-state index contributed by atoms with van der Waals surface area (Å²) >= 11 is 0. The minimum Gasteiger partial charge on any atom is -0.463 e. The highest BCUT2D eigenvalue weighted by Crippen LogP contribution is 2.45. The molecule has 0 spiro atoms. The van der Waals surface area contributed by atoms with Crippen molar-refractivity contribution in [3.8, 4) is 0 Å². The molecule has 0 saturated heterocycles. The minimum atomic E-state index is -4.95. The Labute approximate surface area is 535 Å². The van der Waals surface area contributed by atoms with Crippen LogP contribution in [0.25, 0.3) is 0 Å². The zero-order valence-corrected chi connectivity index (χ0v) is 55.8. The van der Waals surface area contributed by atoms with Crippen molar-refractivity contribution in [3.63, 3.8) is 0 Å². The third kappa shape index (κ3) is 64.3. The Bertz CT molecular complexity index is 2300. The maximum absolute atomic E-state index is 12.9. The van der Waals surface area contributed by atoms with Gasteiger partial charge in [-0.1, -0.05) is 217 Å². The molecule has 0 bridgehead atoms. The summed E-state index contributed by atoms with van der Waals surface area (Å²) in [6, 6.07) is 0. The zero-order chi connectivity index (χ0) is 65.3. The van der Waals surface area contributed by atoms with E-state index in [9.17, 15) is 43.5 Å². The number of carbonyl (C=O) groups is 3. The number of hydrogen-bond donors (Lipinski definition) is 4. The highest BCUT2D eigenvalue weighted by molar-refractivity contribution is 7.47. The van der Waals surface area contributed by atoms with Crippen LogP contribution in [0.15, 0.2) is 170 Å². The quantitative estimate of drug-likeness (QED) is 0.0146. The van der Waals surface area contributed by atoms with Gasteiger partial charge < -0.3 is 34.2 Å². The third-order valence-electron chi connectivity index (χ3n) is 12.4. The number of rotatable bonds is 59. The van der Waals surface area contributed by atoms with Gasteiger partial charge >= 0.3 is 33.6 Å². The number of hydrogen-bond acceptors (Lipinski definition) is 14. The SMILES string of the molecule is CC/C=C\C/C=C\C/C=C\C/C=C\C/C=C\C/C=C\CCC(=O)OCC(O)COP(=O)(O)OCC(O)COP(=O)(O)OCC(COC(=O)CCCCC/C=C\C/C=C\C/C=C\C/C=C\C/C=C\CC)OC(=O)CCCCCCC/C=C\C/C=C\C/C=C\CC. The van der Waals surface area contributed by atoms with Crippen molar-refractivity contribution < 1.29 is 75.8 Å². The summed E-state index contributed by atoms with van der Waals surface area (Å²) in [5, 5.41) is 20.5. The second kappa shape index (κ2) is 63.1. The third-order valence-corrected chi connectivity index (χ3v) is 14.3. The van der Waals surface area contributed by atoms with E-state index >= 15 is 0 Å². The molecule has 0 aliphatic carbocycles. The van der Waals surface area contributed by atoms with E-state index in [1.165, 1.54) is 0 Å². The van der Waals surface area contributed by atoms with E-state index in [0.717, 1.165) is 135 Å². The number of unbranched alkanes of at least 4 members (excludes halogenated alkanes) is 8. The van der Waals surface area contributed by atoms with Gasteiger partial charge in [-0.2, -0.15) is 0 Å². The molecule has 5 atom stereocenters. The first-order valence-corrected chi connectivity index (χ1v) is 35.4. The van der Waals surface area contributed by atoms with Gasteiger partial charge in [0.05, 0.1) is 26.4 Å².